The van der Waals surface area contributed by atoms with Gasteiger partial charge < -0.3 is 5.11 Å². The highest BCUT2D eigenvalue weighted by atomic mass is 79.9. The van der Waals surface area contributed by atoms with Crippen molar-refractivity contribution in [1.82, 2.24) is 0 Å². The Hall–Kier alpha value is -0.500. The second-order valence-corrected chi connectivity index (χ2v) is 3.73. The van der Waals surface area contributed by atoms with Gasteiger partial charge in [0.25, 0.3) is 0 Å². The summed E-state index contributed by atoms with van der Waals surface area (Å²) in [5.74, 6) is 0.459. The van der Waals surface area contributed by atoms with Crippen LogP contribution in [0.2, 0.25) is 0 Å². The van der Waals surface area contributed by atoms with Gasteiger partial charge in [0.05, 0.1) is 0 Å². The van der Waals surface area contributed by atoms with E-state index in [-0.39, 0.29) is 0 Å². The molecule has 1 N–H and O–H groups in total. The molecule has 1 aliphatic carbocycles. The third-order valence-corrected chi connectivity index (χ3v) is 2.95. The van der Waals surface area contributed by atoms with Gasteiger partial charge in [-0.25, -0.2) is 0 Å². The highest BCUT2D eigenvalue weighted by molar-refractivity contribution is 9.10. The number of halogens is 1. The zero-order chi connectivity index (χ0) is 7.84. The average molecular weight is 213 g/mol. The predicted molar refractivity (Wildman–Crippen MR) is 47.8 cm³/mol. The number of hydrogen-bond acceptors (Lipinski definition) is 1. The van der Waals surface area contributed by atoms with Gasteiger partial charge in [0.2, 0.25) is 0 Å². The molecule has 0 heterocycles. The maximum Gasteiger partial charge on any atom is 0.119 e. The van der Waals surface area contributed by atoms with Crippen LogP contribution in [-0.4, -0.2) is 5.11 Å². The molecule has 0 atom stereocenters. The average Bonchev–Trinajstić information content (AvgIpc) is 2.45. The van der Waals surface area contributed by atoms with Crippen LogP contribution in [-0.2, 0) is 12.8 Å². The SMILES string of the molecule is Oc1ccc(Br)c2c1CCC2. The first-order valence-electron chi connectivity index (χ1n) is 3.78. The Morgan fingerprint density at radius 2 is 1.91 bits per heavy atom. The molecule has 0 unspecified atom stereocenters. The summed E-state index contributed by atoms with van der Waals surface area (Å²) in [4.78, 5) is 0. The Balaban J connectivity index is 2.64. The largest absolute Gasteiger partial charge is 0.508 e. The molecule has 0 spiro atoms. The number of benzene rings is 1. The number of rotatable bonds is 0. The first kappa shape index (κ1) is 7.17. The van der Waals surface area contributed by atoms with Gasteiger partial charge in [-0.1, -0.05) is 15.9 Å². The summed E-state index contributed by atoms with van der Waals surface area (Å²) in [5.41, 5.74) is 2.43. The van der Waals surface area contributed by atoms with Crippen LogP contribution in [0.5, 0.6) is 5.75 Å². The van der Waals surface area contributed by atoms with Gasteiger partial charge in [0.15, 0.2) is 0 Å². The van der Waals surface area contributed by atoms with E-state index in [0.29, 0.717) is 5.75 Å². The van der Waals surface area contributed by atoms with E-state index in [1.807, 2.05) is 6.07 Å². The van der Waals surface area contributed by atoms with Crippen molar-refractivity contribution in [3.63, 3.8) is 0 Å². The van der Waals surface area contributed by atoms with E-state index in [4.69, 9.17) is 0 Å². The molecule has 1 nitrogen and oxygen atoms in total. The normalized spacial score (nSPS) is 15.0. The summed E-state index contributed by atoms with van der Waals surface area (Å²) in [7, 11) is 0. The molecule has 1 aliphatic rings. The highest BCUT2D eigenvalue weighted by Gasteiger charge is 2.16. The fourth-order valence-electron chi connectivity index (χ4n) is 1.64. The summed E-state index contributed by atoms with van der Waals surface area (Å²) < 4.78 is 1.14. The third kappa shape index (κ3) is 1.06. The van der Waals surface area contributed by atoms with Gasteiger partial charge in [0.1, 0.15) is 5.75 Å². The minimum atomic E-state index is 0.459. The summed E-state index contributed by atoms with van der Waals surface area (Å²) >= 11 is 3.47. The minimum absolute atomic E-state index is 0.459. The number of hydrogen-bond donors (Lipinski definition) is 1. The van der Waals surface area contributed by atoms with E-state index in [0.717, 1.165) is 22.9 Å². The highest BCUT2D eigenvalue weighted by Crippen LogP contribution is 2.34. The van der Waals surface area contributed by atoms with Gasteiger partial charge in [-0.15, -0.1) is 0 Å². The monoisotopic (exact) mass is 212 g/mol. The smallest absolute Gasteiger partial charge is 0.119 e. The molecular formula is C9H9BrO. The van der Waals surface area contributed by atoms with E-state index < -0.39 is 0 Å². The van der Waals surface area contributed by atoms with Crippen molar-refractivity contribution >= 4 is 15.9 Å². The lowest BCUT2D eigenvalue weighted by molar-refractivity contribution is 0.469. The maximum atomic E-state index is 9.43. The Morgan fingerprint density at radius 3 is 2.64 bits per heavy atom. The van der Waals surface area contributed by atoms with Crippen LogP contribution >= 0.6 is 15.9 Å². The summed E-state index contributed by atoms with van der Waals surface area (Å²) in [6.07, 6.45) is 3.30. The molecule has 2 rings (SSSR count). The Kier molecular flexibility index (Phi) is 1.64. The van der Waals surface area contributed by atoms with E-state index in [2.05, 4.69) is 15.9 Å². The molecule has 0 saturated heterocycles. The second kappa shape index (κ2) is 2.52. The van der Waals surface area contributed by atoms with E-state index >= 15 is 0 Å². The van der Waals surface area contributed by atoms with E-state index in [1.165, 1.54) is 12.0 Å². The minimum Gasteiger partial charge on any atom is -0.508 e. The summed E-state index contributed by atoms with van der Waals surface area (Å²) in [6.45, 7) is 0. The van der Waals surface area contributed by atoms with Crippen molar-refractivity contribution in [2.24, 2.45) is 0 Å². The van der Waals surface area contributed by atoms with Crippen molar-refractivity contribution in [2.75, 3.05) is 0 Å². The molecule has 1 aromatic carbocycles. The molecule has 0 saturated carbocycles. The topological polar surface area (TPSA) is 20.2 Å². The summed E-state index contributed by atoms with van der Waals surface area (Å²) in [6, 6.07) is 3.67. The maximum absolute atomic E-state index is 9.43. The number of phenolic OH excluding ortho intramolecular Hbond substituents is 1. The fourth-order valence-corrected chi connectivity index (χ4v) is 2.21. The van der Waals surface area contributed by atoms with Crippen LogP contribution in [0.25, 0.3) is 0 Å². The Bertz CT molecular complexity index is 265. The van der Waals surface area contributed by atoms with Crippen LogP contribution in [0.1, 0.15) is 17.5 Å². The first-order chi connectivity index (χ1) is 5.29. The van der Waals surface area contributed by atoms with Crippen LogP contribution in [0, 0.1) is 0 Å². The van der Waals surface area contributed by atoms with Crippen molar-refractivity contribution in [3.05, 3.63) is 27.7 Å². The van der Waals surface area contributed by atoms with Gasteiger partial charge >= 0.3 is 0 Å². The fraction of sp³-hybridized carbons (Fsp3) is 0.333. The van der Waals surface area contributed by atoms with Crippen LogP contribution in [0.4, 0.5) is 0 Å². The standard InChI is InChI=1S/C9H9BrO/c10-8-4-5-9(11)7-3-1-2-6(7)8/h4-5,11H,1-3H2. The van der Waals surface area contributed by atoms with Crippen molar-refractivity contribution in [3.8, 4) is 5.75 Å². The Morgan fingerprint density at radius 1 is 1.18 bits per heavy atom. The molecule has 11 heavy (non-hydrogen) atoms. The first-order valence-corrected chi connectivity index (χ1v) is 4.57. The van der Waals surface area contributed by atoms with Crippen LogP contribution in [0.3, 0.4) is 0 Å². The number of fused-ring (bicyclic) bond motifs is 1. The molecule has 0 bridgehead atoms. The van der Waals surface area contributed by atoms with E-state index in [9.17, 15) is 5.11 Å². The van der Waals surface area contributed by atoms with Crippen molar-refractivity contribution in [2.45, 2.75) is 19.3 Å². The van der Waals surface area contributed by atoms with E-state index in [1.54, 1.807) is 6.07 Å². The summed E-state index contributed by atoms with van der Waals surface area (Å²) in [5, 5.41) is 9.43. The number of phenols is 1. The van der Waals surface area contributed by atoms with Gasteiger partial charge in [-0.05, 0) is 42.5 Å². The number of aromatic hydroxyl groups is 1. The molecule has 1 aromatic rings. The molecule has 0 amide bonds. The van der Waals surface area contributed by atoms with Gasteiger partial charge in [-0.3, -0.25) is 0 Å². The second-order valence-electron chi connectivity index (χ2n) is 2.88. The zero-order valence-electron chi connectivity index (χ0n) is 6.10. The lowest BCUT2D eigenvalue weighted by Crippen LogP contribution is -1.83. The predicted octanol–water partition coefficient (Wildman–Crippen LogP) is 2.64. The molecule has 2 heteroatoms. The Labute approximate surface area is 74.2 Å². The van der Waals surface area contributed by atoms with Crippen molar-refractivity contribution in [1.29, 1.82) is 0 Å². The van der Waals surface area contributed by atoms with Gasteiger partial charge in [0, 0.05) is 4.47 Å². The van der Waals surface area contributed by atoms with Crippen LogP contribution < -0.4 is 0 Å². The lowest BCUT2D eigenvalue weighted by Gasteiger charge is -2.03. The zero-order valence-corrected chi connectivity index (χ0v) is 7.69. The molecule has 0 radical (unpaired) electrons. The third-order valence-electron chi connectivity index (χ3n) is 2.20. The molecular weight excluding hydrogens is 204 g/mol. The molecule has 0 fully saturated rings. The van der Waals surface area contributed by atoms with Crippen molar-refractivity contribution < 1.29 is 5.11 Å². The molecule has 0 aliphatic heterocycles. The quantitative estimate of drug-likeness (QED) is 0.702. The molecule has 58 valence electrons. The van der Waals surface area contributed by atoms with Gasteiger partial charge in [-0.2, -0.15) is 0 Å². The lowest BCUT2D eigenvalue weighted by atomic mass is 10.1. The van der Waals surface area contributed by atoms with Crippen LogP contribution in [0.15, 0.2) is 16.6 Å². The molecule has 0 aromatic heterocycles.